The molecule has 1 unspecified atom stereocenters. The zero-order valence-electron chi connectivity index (χ0n) is 14.4. The molecule has 3 N–H and O–H groups in total. The third-order valence-electron chi connectivity index (χ3n) is 4.64. The van der Waals surface area contributed by atoms with Crippen molar-refractivity contribution in [3.63, 3.8) is 0 Å². The van der Waals surface area contributed by atoms with Crippen molar-refractivity contribution in [3.05, 3.63) is 66.6 Å². The van der Waals surface area contributed by atoms with Crippen LogP contribution in [-0.4, -0.2) is 33.3 Å². The fourth-order valence-corrected chi connectivity index (χ4v) is 2.97. The van der Waals surface area contributed by atoms with E-state index in [2.05, 4.69) is 15.4 Å². The number of hydrogen-bond acceptors (Lipinski definition) is 4. The fourth-order valence-electron chi connectivity index (χ4n) is 2.97. The van der Waals surface area contributed by atoms with Crippen LogP contribution in [0.2, 0.25) is 0 Å². The number of benzene rings is 1. The van der Waals surface area contributed by atoms with Crippen LogP contribution in [0.5, 0.6) is 0 Å². The third kappa shape index (κ3) is 3.50. The van der Waals surface area contributed by atoms with Crippen molar-refractivity contribution in [2.75, 3.05) is 6.54 Å². The molecule has 26 heavy (non-hydrogen) atoms. The van der Waals surface area contributed by atoms with E-state index in [9.17, 15) is 4.79 Å². The molecule has 0 bridgehead atoms. The molecular formula is C20H21N5O. The van der Waals surface area contributed by atoms with Crippen LogP contribution >= 0.6 is 0 Å². The van der Waals surface area contributed by atoms with Crippen molar-refractivity contribution < 1.29 is 4.79 Å². The molecular weight excluding hydrogens is 326 g/mol. The van der Waals surface area contributed by atoms with Crippen LogP contribution in [0.1, 0.15) is 23.2 Å². The average Bonchev–Trinajstić information content (AvgIpc) is 3.45. The van der Waals surface area contributed by atoms with Crippen LogP contribution in [0.15, 0.2) is 61.1 Å². The predicted molar refractivity (Wildman–Crippen MR) is 99.8 cm³/mol. The molecule has 3 aromatic rings. The molecule has 2 heterocycles. The molecule has 0 aliphatic heterocycles. The second kappa shape index (κ2) is 7.09. The van der Waals surface area contributed by atoms with Gasteiger partial charge >= 0.3 is 0 Å². The molecule has 1 aromatic carbocycles. The highest BCUT2D eigenvalue weighted by molar-refractivity contribution is 5.99. The van der Waals surface area contributed by atoms with Gasteiger partial charge in [-0.15, -0.1) is 0 Å². The summed E-state index contributed by atoms with van der Waals surface area (Å²) in [6.45, 7) is 0.479. The summed E-state index contributed by atoms with van der Waals surface area (Å²) >= 11 is 0. The number of carbonyl (C=O) groups excluding carboxylic acids is 1. The Kier molecular flexibility index (Phi) is 4.50. The topological polar surface area (TPSA) is 85.8 Å². The summed E-state index contributed by atoms with van der Waals surface area (Å²) in [7, 11) is 0. The van der Waals surface area contributed by atoms with Crippen molar-refractivity contribution in [1.82, 2.24) is 20.1 Å². The monoisotopic (exact) mass is 347 g/mol. The van der Waals surface area contributed by atoms with E-state index in [4.69, 9.17) is 5.73 Å². The van der Waals surface area contributed by atoms with Gasteiger partial charge in [-0.05, 0) is 43.0 Å². The zero-order valence-corrected chi connectivity index (χ0v) is 14.4. The Bertz CT molecular complexity index is 887. The van der Waals surface area contributed by atoms with Crippen molar-refractivity contribution in [2.24, 2.45) is 11.7 Å². The van der Waals surface area contributed by atoms with Crippen molar-refractivity contribution in [3.8, 4) is 16.9 Å². The van der Waals surface area contributed by atoms with E-state index in [0.717, 1.165) is 24.1 Å². The number of rotatable bonds is 6. The lowest BCUT2D eigenvalue weighted by atomic mass is 10.1. The van der Waals surface area contributed by atoms with Gasteiger partial charge in [0.1, 0.15) is 5.69 Å². The van der Waals surface area contributed by atoms with Gasteiger partial charge in [-0.25, -0.2) is 4.68 Å². The summed E-state index contributed by atoms with van der Waals surface area (Å²) < 4.78 is 1.72. The normalized spacial score (nSPS) is 14.8. The van der Waals surface area contributed by atoms with E-state index in [0.29, 0.717) is 23.7 Å². The van der Waals surface area contributed by atoms with Crippen molar-refractivity contribution >= 4 is 5.91 Å². The molecule has 4 rings (SSSR count). The summed E-state index contributed by atoms with van der Waals surface area (Å²) in [5.41, 5.74) is 8.93. The lowest BCUT2D eigenvalue weighted by Crippen LogP contribution is -2.38. The number of nitrogens with zero attached hydrogens (tertiary/aromatic N) is 3. The first-order valence-corrected chi connectivity index (χ1v) is 8.81. The van der Waals surface area contributed by atoms with E-state index in [1.807, 2.05) is 42.5 Å². The minimum Gasteiger partial charge on any atom is -0.350 e. The third-order valence-corrected chi connectivity index (χ3v) is 4.64. The molecule has 1 saturated carbocycles. The standard InChI is InChI=1S/C20H21N5O/c21-18(14-8-9-14)12-23-20(26)17-13-25(16-6-2-1-3-7-16)24-19(17)15-5-4-10-22-11-15/h1-7,10-11,13-14,18H,8-9,12,21H2,(H,23,26). The molecule has 2 aromatic heterocycles. The first-order valence-electron chi connectivity index (χ1n) is 8.81. The Morgan fingerprint density at radius 1 is 1.23 bits per heavy atom. The highest BCUT2D eigenvalue weighted by atomic mass is 16.1. The SMILES string of the molecule is NC(CNC(=O)c1cn(-c2ccccc2)nc1-c1cccnc1)C1CC1. The molecule has 132 valence electrons. The van der Waals surface area contributed by atoms with Crippen LogP contribution < -0.4 is 11.1 Å². The summed E-state index contributed by atoms with van der Waals surface area (Å²) in [6, 6.07) is 13.5. The summed E-state index contributed by atoms with van der Waals surface area (Å²) in [5, 5.41) is 7.59. The first-order chi connectivity index (χ1) is 12.7. The zero-order chi connectivity index (χ0) is 17.9. The second-order valence-corrected chi connectivity index (χ2v) is 6.62. The minimum atomic E-state index is -0.165. The van der Waals surface area contributed by atoms with Gasteiger partial charge in [0, 0.05) is 36.7 Å². The van der Waals surface area contributed by atoms with E-state index in [1.54, 1.807) is 23.3 Å². The smallest absolute Gasteiger partial charge is 0.255 e. The highest BCUT2D eigenvalue weighted by Crippen LogP contribution is 2.31. The molecule has 1 aliphatic carbocycles. The van der Waals surface area contributed by atoms with Gasteiger partial charge in [-0.2, -0.15) is 5.10 Å². The van der Waals surface area contributed by atoms with Gasteiger partial charge in [0.15, 0.2) is 0 Å². The largest absolute Gasteiger partial charge is 0.350 e. The summed E-state index contributed by atoms with van der Waals surface area (Å²) in [4.78, 5) is 16.9. The predicted octanol–water partition coefficient (Wildman–Crippen LogP) is 2.40. The van der Waals surface area contributed by atoms with Crippen molar-refractivity contribution in [1.29, 1.82) is 0 Å². The Hall–Kier alpha value is -2.99. The molecule has 1 fully saturated rings. The number of pyridine rings is 1. The van der Waals surface area contributed by atoms with E-state index in [-0.39, 0.29) is 11.9 Å². The Labute approximate surface area is 152 Å². The Balaban J connectivity index is 1.65. The number of hydrogen-bond donors (Lipinski definition) is 2. The minimum absolute atomic E-state index is 0.0185. The second-order valence-electron chi connectivity index (χ2n) is 6.62. The molecule has 6 nitrogen and oxygen atoms in total. The van der Waals surface area contributed by atoms with Crippen LogP contribution in [0.25, 0.3) is 16.9 Å². The van der Waals surface area contributed by atoms with Gasteiger partial charge in [0.05, 0.1) is 11.3 Å². The fraction of sp³-hybridized carbons (Fsp3) is 0.250. The quantitative estimate of drug-likeness (QED) is 0.717. The van der Waals surface area contributed by atoms with Gasteiger partial charge in [0.2, 0.25) is 0 Å². The average molecular weight is 347 g/mol. The van der Waals surface area contributed by atoms with Gasteiger partial charge in [-0.3, -0.25) is 9.78 Å². The Morgan fingerprint density at radius 2 is 2.04 bits per heavy atom. The number of carbonyl (C=O) groups is 1. The van der Waals surface area contributed by atoms with Gasteiger partial charge < -0.3 is 11.1 Å². The maximum atomic E-state index is 12.8. The molecule has 6 heteroatoms. The molecule has 1 atom stereocenters. The van der Waals surface area contributed by atoms with Crippen LogP contribution in [0.4, 0.5) is 0 Å². The number of aromatic nitrogens is 3. The van der Waals surface area contributed by atoms with E-state index >= 15 is 0 Å². The summed E-state index contributed by atoms with van der Waals surface area (Å²) in [5.74, 6) is 0.377. The summed E-state index contributed by atoms with van der Waals surface area (Å²) in [6.07, 6.45) is 7.49. The first kappa shape index (κ1) is 16.5. The van der Waals surface area contributed by atoms with Gasteiger partial charge in [0.25, 0.3) is 5.91 Å². The number of amides is 1. The molecule has 0 saturated heterocycles. The van der Waals surface area contributed by atoms with Crippen LogP contribution in [0, 0.1) is 5.92 Å². The molecule has 1 aliphatic rings. The highest BCUT2D eigenvalue weighted by Gasteiger charge is 2.29. The Morgan fingerprint density at radius 3 is 2.73 bits per heavy atom. The maximum Gasteiger partial charge on any atom is 0.255 e. The lowest BCUT2D eigenvalue weighted by molar-refractivity contribution is 0.0951. The van der Waals surface area contributed by atoms with Gasteiger partial charge in [-0.1, -0.05) is 18.2 Å². The number of nitrogens with one attached hydrogen (secondary N) is 1. The van der Waals surface area contributed by atoms with Crippen LogP contribution in [-0.2, 0) is 0 Å². The maximum absolute atomic E-state index is 12.8. The van der Waals surface area contributed by atoms with Crippen LogP contribution in [0.3, 0.4) is 0 Å². The number of para-hydroxylation sites is 1. The number of nitrogens with two attached hydrogens (primary N) is 1. The van der Waals surface area contributed by atoms with E-state index in [1.165, 1.54) is 0 Å². The van der Waals surface area contributed by atoms with Crippen molar-refractivity contribution in [2.45, 2.75) is 18.9 Å². The lowest BCUT2D eigenvalue weighted by Gasteiger charge is -2.11. The van der Waals surface area contributed by atoms with E-state index < -0.39 is 0 Å². The molecule has 0 radical (unpaired) electrons. The molecule has 0 spiro atoms. The molecule has 1 amide bonds.